The van der Waals surface area contributed by atoms with Crippen molar-refractivity contribution >= 4 is 33.5 Å². The maximum atomic E-state index is 9.88. The summed E-state index contributed by atoms with van der Waals surface area (Å²) in [5.74, 6) is 0.265. The van der Waals surface area contributed by atoms with Gasteiger partial charge < -0.3 is 5.11 Å². The third-order valence-electron chi connectivity index (χ3n) is 3.95. The Morgan fingerprint density at radius 2 is 2.14 bits per heavy atom. The first kappa shape index (κ1) is 15.7. The molecular formula is C17H19BrN2OS. The number of hydrogen-bond donors (Lipinski definition) is 1. The number of hydrogen-bond acceptors (Lipinski definition) is 4. The van der Waals surface area contributed by atoms with E-state index in [1.807, 2.05) is 12.1 Å². The van der Waals surface area contributed by atoms with Crippen molar-refractivity contribution in [2.24, 2.45) is 4.99 Å². The van der Waals surface area contributed by atoms with Gasteiger partial charge in [0.15, 0.2) is 0 Å². The Morgan fingerprint density at radius 3 is 2.86 bits per heavy atom. The monoisotopic (exact) mass is 378 g/mol. The molecule has 5 heteroatoms. The summed E-state index contributed by atoms with van der Waals surface area (Å²) in [6, 6.07) is 10.0. The number of benzene rings is 1. The van der Waals surface area contributed by atoms with Crippen molar-refractivity contribution in [1.82, 2.24) is 4.90 Å². The number of phenolic OH excluding ortho intramolecular Hbond substituents is 1. The minimum absolute atomic E-state index is 0.265. The van der Waals surface area contributed by atoms with Crippen molar-refractivity contribution < 1.29 is 5.11 Å². The first-order valence-corrected chi connectivity index (χ1v) is 9.17. The van der Waals surface area contributed by atoms with Crippen molar-refractivity contribution in [3.8, 4) is 5.75 Å². The number of aromatic hydroxyl groups is 1. The van der Waals surface area contributed by atoms with Crippen LogP contribution in [0.25, 0.3) is 0 Å². The van der Waals surface area contributed by atoms with Gasteiger partial charge in [-0.3, -0.25) is 9.89 Å². The molecule has 1 aromatic heterocycles. The Labute approximate surface area is 143 Å². The largest absolute Gasteiger partial charge is 0.507 e. The Balaban J connectivity index is 1.73. The molecule has 1 aliphatic rings. The average Bonchev–Trinajstić information content (AvgIpc) is 3.20. The third-order valence-corrected chi connectivity index (χ3v) is 5.42. The van der Waals surface area contributed by atoms with E-state index >= 15 is 0 Å². The molecular weight excluding hydrogens is 360 g/mol. The number of nitrogens with zero attached hydrogens (tertiary/aromatic N) is 2. The first-order chi connectivity index (χ1) is 10.7. The van der Waals surface area contributed by atoms with Gasteiger partial charge in [0, 0.05) is 21.1 Å². The van der Waals surface area contributed by atoms with Gasteiger partial charge in [0.05, 0.1) is 12.6 Å². The number of aliphatic imine (C=N–C) groups is 1. The summed E-state index contributed by atoms with van der Waals surface area (Å²) in [6.45, 7) is 3.03. The number of halogens is 1. The van der Waals surface area contributed by atoms with Crippen LogP contribution >= 0.6 is 27.3 Å². The van der Waals surface area contributed by atoms with Gasteiger partial charge in [0.25, 0.3) is 0 Å². The molecule has 3 rings (SSSR count). The number of thiophene rings is 1. The number of likely N-dealkylation sites (tertiary alicyclic amines) is 1. The third kappa shape index (κ3) is 3.77. The van der Waals surface area contributed by atoms with E-state index in [1.165, 1.54) is 17.7 Å². The predicted octanol–water partition coefficient (Wildman–Crippen LogP) is 4.47. The molecule has 116 valence electrons. The van der Waals surface area contributed by atoms with Crippen LogP contribution in [0.3, 0.4) is 0 Å². The fourth-order valence-corrected chi connectivity index (χ4v) is 4.03. The van der Waals surface area contributed by atoms with Crippen LogP contribution in [0.15, 0.2) is 45.2 Å². The van der Waals surface area contributed by atoms with Crippen molar-refractivity contribution in [2.75, 3.05) is 19.6 Å². The van der Waals surface area contributed by atoms with E-state index in [0.29, 0.717) is 6.04 Å². The van der Waals surface area contributed by atoms with E-state index in [9.17, 15) is 5.11 Å². The molecule has 1 N–H and O–H groups in total. The highest BCUT2D eigenvalue weighted by Gasteiger charge is 2.23. The molecule has 1 aliphatic heterocycles. The van der Waals surface area contributed by atoms with Gasteiger partial charge in [0.2, 0.25) is 0 Å². The summed E-state index contributed by atoms with van der Waals surface area (Å²) in [7, 11) is 0. The summed E-state index contributed by atoms with van der Waals surface area (Å²) < 4.78 is 0.945. The zero-order chi connectivity index (χ0) is 15.4. The topological polar surface area (TPSA) is 35.8 Å². The highest BCUT2D eigenvalue weighted by atomic mass is 79.9. The second kappa shape index (κ2) is 7.40. The molecule has 2 aromatic rings. The Bertz CT molecular complexity index is 636. The Hall–Kier alpha value is -1.17. The van der Waals surface area contributed by atoms with Crippen molar-refractivity contribution in [3.63, 3.8) is 0 Å². The highest BCUT2D eigenvalue weighted by Crippen LogP contribution is 2.29. The van der Waals surface area contributed by atoms with Gasteiger partial charge in [0.1, 0.15) is 5.75 Å². The lowest BCUT2D eigenvalue weighted by atomic mass is 10.2. The van der Waals surface area contributed by atoms with Crippen LogP contribution in [0.4, 0.5) is 0 Å². The van der Waals surface area contributed by atoms with Crippen LogP contribution in [0.5, 0.6) is 5.75 Å². The quantitative estimate of drug-likeness (QED) is 0.778. The van der Waals surface area contributed by atoms with E-state index in [1.54, 1.807) is 23.6 Å². The van der Waals surface area contributed by atoms with E-state index in [0.717, 1.165) is 29.7 Å². The molecule has 1 saturated heterocycles. The molecule has 0 bridgehead atoms. The molecule has 1 atom stereocenters. The van der Waals surface area contributed by atoms with E-state index in [4.69, 9.17) is 0 Å². The highest BCUT2D eigenvalue weighted by molar-refractivity contribution is 9.10. The molecule has 0 radical (unpaired) electrons. The molecule has 1 fully saturated rings. The van der Waals surface area contributed by atoms with Gasteiger partial charge in [-0.15, -0.1) is 11.3 Å². The molecule has 0 amide bonds. The summed E-state index contributed by atoms with van der Waals surface area (Å²) in [6.07, 6.45) is 4.33. The van der Waals surface area contributed by atoms with Crippen molar-refractivity contribution in [2.45, 2.75) is 18.9 Å². The number of rotatable bonds is 5. The smallest absolute Gasteiger partial charge is 0.124 e. The fourth-order valence-electron chi connectivity index (χ4n) is 2.80. The van der Waals surface area contributed by atoms with Gasteiger partial charge in [-0.25, -0.2) is 0 Å². The molecule has 0 unspecified atom stereocenters. The standard InChI is InChI=1S/C17H19BrN2OS/c18-14-5-6-16(21)13(10-14)11-19-12-15(17-4-3-9-22-17)20-7-1-2-8-20/h3-6,9-11,15,21H,1-2,7-8,12H2/t15-/m0/s1. The predicted molar refractivity (Wildman–Crippen MR) is 96.1 cm³/mol. The van der Waals surface area contributed by atoms with Gasteiger partial charge >= 0.3 is 0 Å². The molecule has 1 aromatic carbocycles. The maximum Gasteiger partial charge on any atom is 0.124 e. The normalized spacial score (nSPS) is 17.3. The second-order valence-corrected chi connectivity index (χ2v) is 7.37. The van der Waals surface area contributed by atoms with Crippen LogP contribution < -0.4 is 0 Å². The second-order valence-electron chi connectivity index (χ2n) is 5.47. The number of phenols is 1. The zero-order valence-electron chi connectivity index (χ0n) is 12.3. The summed E-state index contributed by atoms with van der Waals surface area (Å²) in [5, 5.41) is 12.0. The molecule has 0 spiro atoms. The average molecular weight is 379 g/mol. The van der Waals surface area contributed by atoms with E-state index < -0.39 is 0 Å². The van der Waals surface area contributed by atoms with Crippen LogP contribution in [-0.4, -0.2) is 35.9 Å². The molecule has 22 heavy (non-hydrogen) atoms. The van der Waals surface area contributed by atoms with Crippen molar-refractivity contribution in [3.05, 3.63) is 50.6 Å². The fraction of sp³-hybridized carbons (Fsp3) is 0.353. The molecule has 0 aliphatic carbocycles. The van der Waals surface area contributed by atoms with Gasteiger partial charge in [-0.1, -0.05) is 22.0 Å². The lowest BCUT2D eigenvalue weighted by molar-refractivity contribution is 0.255. The maximum absolute atomic E-state index is 9.88. The molecule has 2 heterocycles. The van der Waals surface area contributed by atoms with E-state index in [-0.39, 0.29) is 5.75 Å². The molecule has 0 saturated carbocycles. The van der Waals surface area contributed by atoms with Gasteiger partial charge in [-0.05, 0) is 55.6 Å². The van der Waals surface area contributed by atoms with Crippen LogP contribution in [0.1, 0.15) is 29.3 Å². The Kier molecular flexibility index (Phi) is 5.28. The Morgan fingerprint density at radius 1 is 1.32 bits per heavy atom. The minimum atomic E-state index is 0.265. The van der Waals surface area contributed by atoms with E-state index in [2.05, 4.69) is 43.3 Å². The summed E-state index contributed by atoms with van der Waals surface area (Å²) >= 11 is 5.22. The summed E-state index contributed by atoms with van der Waals surface area (Å²) in [4.78, 5) is 8.49. The van der Waals surface area contributed by atoms with Crippen molar-refractivity contribution in [1.29, 1.82) is 0 Å². The van der Waals surface area contributed by atoms with Crippen LogP contribution in [0, 0.1) is 0 Å². The van der Waals surface area contributed by atoms with Crippen LogP contribution in [-0.2, 0) is 0 Å². The summed E-state index contributed by atoms with van der Waals surface area (Å²) in [5.41, 5.74) is 0.751. The molecule has 3 nitrogen and oxygen atoms in total. The lowest BCUT2D eigenvalue weighted by Gasteiger charge is -2.25. The zero-order valence-corrected chi connectivity index (χ0v) is 14.7. The minimum Gasteiger partial charge on any atom is -0.507 e. The van der Waals surface area contributed by atoms with Gasteiger partial charge in [-0.2, -0.15) is 0 Å². The SMILES string of the molecule is Oc1ccc(Br)cc1C=NC[C@@H](c1cccs1)N1CCCC1. The lowest BCUT2D eigenvalue weighted by Crippen LogP contribution is -2.27. The van der Waals surface area contributed by atoms with Crippen LogP contribution in [0.2, 0.25) is 0 Å². The first-order valence-electron chi connectivity index (χ1n) is 7.50.